The lowest BCUT2D eigenvalue weighted by atomic mass is 9.61. The van der Waals surface area contributed by atoms with Gasteiger partial charge in [0.25, 0.3) is 0 Å². The molecule has 1 heteroatoms. The van der Waals surface area contributed by atoms with Crippen LogP contribution in [0.4, 0.5) is 0 Å². The van der Waals surface area contributed by atoms with E-state index in [1.165, 1.54) is 32.1 Å². The van der Waals surface area contributed by atoms with Crippen LogP contribution in [0.2, 0.25) is 0 Å². The van der Waals surface area contributed by atoms with Gasteiger partial charge < -0.3 is 0 Å². The van der Waals surface area contributed by atoms with Gasteiger partial charge in [-0.15, -0.1) is 0 Å². The third-order valence-electron chi connectivity index (χ3n) is 4.53. The van der Waals surface area contributed by atoms with Crippen molar-refractivity contribution in [2.45, 2.75) is 52.4 Å². The van der Waals surface area contributed by atoms with Crippen LogP contribution < -0.4 is 0 Å². The molecule has 0 aromatic heterocycles. The summed E-state index contributed by atoms with van der Waals surface area (Å²) in [5.41, 5.74) is 0. The first-order valence-electron chi connectivity index (χ1n) is 6.26. The first kappa shape index (κ1) is 10.2. The highest BCUT2D eigenvalue weighted by molar-refractivity contribution is 5.82. The molecule has 14 heavy (non-hydrogen) atoms. The second kappa shape index (κ2) is 4.04. The van der Waals surface area contributed by atoms with Crippen molar-refractivity contribution in [2.75, 3.05) is 0 Å². The molecule has 0 aromatic carbocycles. The molecule has 0 N–H and O–H groups in total. The quantitative estimate of drug-likeness (QED) is 0.625. The molecule has 0 heterocycles. The van der Waals surface area contributed by atoms with Crippen LogP contribution in [0.1, 0.15) is 52.4 Å². The van der Waals surface area contributed by atoms with E-state index in [2.05, 4.69) is 13.8 Å². The standard InChI is InChI=1S/C13H22O/c1-3-10-7-8-12(14)13-9(2)5-4-6-11(10)13/h9-11,13H,3-8H2,1-2H3. The van der Waals surface area contributed by atoms with E-state index in [0.717, 1.165) is 18.3 Å². The summed E-state index contributed by atoms with van der Waals surface area (Å²) < 4.78 is 0. The van der Waals surface area contributed by atoms with E-state index in [4.69, 9.17) is 0 Å². The van der Waals surface area contributed by atoms with E-state index in [9.17, 15) is 4.79 Å². The third-order valence-corrected chi connectivity index (χ3v) is 4.53. The first-order chi connectivity index (χ1) is 6.74. The monoisotopic (exact) mass is 194 g/mol. The Hall–Kier alpha value is -0.330. The molecular formula is C13H22O. The summed E-state index contributed by atoms with van der Waals surface area (Å²) in [5, 5.41) is 0. The molecule has 0 aliphatic heterocycles. The highest BCUT2D eigenvalue weighted by atomic mass is 16.1. The second-order valence-electron chi connectivity index (χ2n) is 5.27. The Morgan fingerprint density at radius 2 is 2.07 bits per heavy atom. The largest absolute Gasteiger partial charge is 0.299 e. The lowest BCUT2D eigenvalue weighted by molar-refractivity contribution is -0.132. The fraction of sp³-hybridized carbons (Fsp3) is 0.923. The van der Waals surface area contributed by atoms with E-state index in [-0.39, 0.29) is 0 Å². The molecule has 0 saturated heterocycles. The number of ketones is 1. The molecule has 0 spiro atoms. The predicted molar refractivity (Wildman–Crippen MR) is 58.0 cm³/mol. The van der Waals surface area contributed by atoms with Gasteiger partial charge >= 0.3 is 0 Å². The molecule has 2 aliphatic carbocycles. The van der Waals surface area contributed by atoms with Gasteiger partial charge in [-0.25, -0.2) is 0 Å². The molecule has 2 fully saturated rings. The van der Waals surface area contributed by atoms with Crippen LogP contribution in [0.25, 0.3) is 0 Å². The SMILES string of the molecule is CCC1CCC(=O)C2C(C)CCCC12. The van der Waals surface area contributed by atoms with E-state index in [1.807, 2.05) is 0 Å². The van der Waals surface area contributed by atoms with E-state index in [0.29, 0.717) is 17.6 Å². The topological polar surface area (TPSA) is 17.1 Å². The second-order valence-corrected chi connectivity index (χ2v) is 5.27. The Labute approximate surface area is 87.3 Å². The fourth-order valence-corrected chi connectivity index (χ4v) is 3.76. The molecule has 4 unspecified atom stereocenters. The Morgan fingerprint density at radius 1 is 1.29 bits per heavy atom. The minimum atomic E-state index is 0.433. The fourth-order valence-electron chi connectivity index (χ4n) is 3.76. The maximum atomic E-state index is 11.9. The Kier molecular flexibility index (Phi) is 2.94. The van der Waals surface area contributed by atoms with Crippen molar-refractivity contribution in [3.05, 3.63) is 0 Å². The van der Waals surface area contributed by atoms with E-state index >= 15 is 0 Å². The molecule has 1 nitrogen and oxygen atoms in total. The normalized spacial score (nSPS) is 43.4. The summed E-state index contributed by atoms with van der Waals surface area (Å²) in [6.07, 6.45) is 7.27. The summed E-state index contributed by atoms with van der Waals surface area (Å²) in [7, 11) is 0. The smallest absolute Gasteiger partial charge is 0.136 e. The number of fused-ring (bicyclic) bond motifs is 1. The highest BCUT2D eigenvalue weighted by Crippen LogP contribution is 2.45. The predicted octanol–water partition coefficient (Wildman–Crippen LogP) is 3.43. The van der Waals surface area contributed by atoms with Crippen molar-refractivity contribution in [3.63, 3.8) is 0 Å². The van der Waals surface area contributed by atoms with Crippen LogP contribution >= 0.6 is 0 Å². The minimum Gasteiger partial charge on any atom is -0.299 e. The van der Waals surface area contributed by atoms with Gasteiger partial charge in [-0.05, 0) is 37.0 Å². The van der Waals surface area contributed by atoms with Crippen molar-refractivity contribution in [1.82, 2.24) is 0 Å². The molecule has 2 rings (SSSR count). The maximum Gasteiger partial charge on any atom is 0.136 e. The Bertz CT molecular complexity index is 221. The number of carbonyl (C=O) groups is 1. The number of hydrogen-bond donors (Lipinski definition) is 0. The zero-order valence-electron chi connectivity index (χ0n) is 9.46. The lowest BCUT2D eigenvalue weighted by Crippen LogP contribution is -2.41. The van der Waals surface area contributed by atoms with Crippen molar-refractivity contribution in [1.29, 1.82) is 0 Å². The number of Topliss-reactive ketones (excluding diaryl/α,β-unsaturated/α-hetero) is 1. The molecular weight excluding hydrogens is 172 g/mol. The third kappa shape index (κ3) is 1.62. The zero-order chi connectivity index (χ0) is 10.1. The van der Waals surface area contributed by atoms with Crippen molar-refractivity contribution >= 4 is 5.78 Å². The summed E-state index contributed by atoms with van der Waals surface area (Å²) in [6.45, 7) is 4.57. The van der Waals surface area contributed by atoms with Crippen LogP contribution in [0.5, 0.6) is 0 Å². The first-order valence-corrected chi connectivity index (χ1v) is 6.26. The molecule has 2 aliphatic rings. The van der Waals surface area contributed by atoms with Crippen molar-refractivity contribution in [2.24, 2.45) is 23.7 Å². The number of hydrogen-bond acceptors (Lipinski definition) is 1. The molecule has 0 amide bonds. The van der Waals surface area contributed by atoms with Gasteiger partial charge in [0.05, 0.1) is 0 Å². The number of carbonyl (C=O) groups excluding carboxylic acids is 1. The summed E-state index contributed by atoms with van der Waals surface area (Å²) in [6, 6.07) is 0. The molecule has 4 atom stereocenters. The molecule has 0 radical (unpaired) electrons. The van der Waals surface area contributed by atoms with Crippen LogP contribution in [-0.2, 0) is 4.79 Å². The van der Waals surface area contributed by atoms with Crippen molar-refractivity contribution < 1.29 is 4.79 Å². The van der Waals surface area contributed by atoms with Gasteiger partial charge in [-0.1, -0.05) is 26.7 Å². The molecule has 80 valence electrons. The maximum absolute atomic E-state index is 11.9. The van der Waals surface area contributed by atoms with Gasteiger partial charge in [0.15, 0.2) is 0 Å². The summed E-state index contributed by atoms with van der Waals surface area (Å²) in [5.74, 6) is 3.26. The molecule has 0 bridgehead atoms. The van der Waals surface area contributed by atoms with Gasteiger partial charge in [-0.3, -0.25) is 4.79 Å². The van der Waals surface area contributed by atoms with Crippen LogP contribution in [0.15, 0.2) is 0 Å². The average Bonchev–Trinajstić information content (AvgIpc) is 2.18. The van der Waals surface area contributed by atoms with Crippen LogP contribution in [-0.4, -0.2) is 5.78 Å². The van der Waals surface area contributed by atoms with Gasteiger partial charge in [-0.2, -0.15) is 0 Å². The van der Waals surface area contributed by atoms with Gasteiger partial charge in [0.1, 0.15) is 5.78 Å². The average molecular weight is 194 g/mol. The van der Waals surface area contributed by atoms with Crippen LogP contribution in [0.3, 0.4) is 0 Å². The van der Waals surface area contributed by atoms with Crippen LogP contribution in [0, 0.1) is 23.7 Å². The van der Waals surface area contributed by atoms with E-state index in [1.54, 1.807) is 0 Å². The highest BCUT2D eigenvalue weighted by Gasteiger charge is 2.42. The summed E-state index contributed by atoms with van der Waals surface area (Å²) in [4.78, 5) is 11.9. The van der Waals surface area contributed by atoms with E-state index < -0.39 is 0 Å². The lowest BCUT2D eigenvalue weighted by Gasteiger charge is -2.43. The minimum absolute atomic E-state index is 0.433. The van der Waals surface area contributed by atoms with Gasteiger partial charge in [0.2, 0.25) is 0 Å². The van der Waals surface area contributed by atoms with Crippen molar-refractivity contribution in [3.8, 4) is 0 Å². The van der Waals surface area contributed by atoms with Gasteiger partial charge in [0, 0.05) is 12.3 Å². The molecule has 0 aromatic rings. The summed E-state index contributed by atoms with van der Waals surface area (Å²) >= 11 is 0. The number of rotatable bonds is 1. The zero-order valence-corrected chi connectivity index (χ0v) is 9.46. The molecule has 2 saturated carbocycles. The Balaban J connectivity index is 2.16. The Morgan fingerprint density at radius 3 is 2.79 bits per heavy atom.